The molecule has 0 aromatic rings. The number of carboxylic acids is 1. The van der Waals surface area contributed by atoms with Crippen molar-refractivity contribution in [1.29, 1.82) is 0 Å². The number of hydrogen-bond acceptors (Lipinski definition) is 1. The number of carboxylic acid groups (broad SMARTS) is 1. The van der Waals surface area contributed by atoms with E-state index in [0.717, 1.165) is 12.8 Å². The number of rotatable bonds is 9. The minimum Gasteiger partial charge on any atom is -0.481 e. The minimum atomic E-state index is -0.696. The topological polar surface area (TPSA) is 37.3 Å². The van der Waals surface area contributed by atoms with Gasteiger partial charge in [-0.25, -0.2) is 0 Å². The minimum absolute atomic E-state index is 0.259. The van der Waals surface area contributed by atoms with E-state index >= 15 is 0 Å². The molecule has 2 nitrogen and oxygen atoms in total. The molecule has 0 aliphatic rings. The molecule has 0 saturated heterocycles. The Morgan fingerprint density at radius 1 is 1.27 bits per heavy atom. The molecule has 0 saturated carbocycles. The first-order valence-corrected chi connectivity index (χ1v) is 6.03. The van der Waals surface area contributed by atoms with E-state index in [2.05, 4.69) is 19.1 Å². The molecule has 2 heteroatoms. The van der Waals surface area contributed by atoms with Crippen molar-refractivity contribution in [1.82, 2.24) is 0 Å². The van der Waals surface area contributed by atoms with E-state index in [-0.39, 0.29) is 12.3 Å². The highest BCUT2D eigenvalue weighted by Crippen LogP contribution is 2.09. The van der Waals surface area contributed by atoms with E-state index in [0.29, 0.717) is 0 Å². The zero-order valence-electron chi connectivity index (χ0n) is 10.0. The molecule has 0 spiro atoms. The van der Waals surface area contributed by atoms with Crippen molar-refractivity contribution in [2.45, 2.75) is 58.8 Å². The molecule has 0 heterocycles. The van der Waals surface area contributed by atoms with Crippen LogP contribution in [0.3, 0.4) is 0 Å². The van der Waals surface area contributed by atoms with Gasteiger partial charge in [-0.3, -0.25) is 4.79 Å². The van der Waals surface area contributed by atoms with Gasteiger partial charge in [0.2, 0.25) is 0 Å². The van der Waals surface area contributed by atoms with Gasteiger partial charge in [0.15, 0.2) is 0 Å². The van der Waals surface area contributed by atoms with Gasteiger partial charge in [-0.15, -0.1) is 0 Å². The Morgan fingerprint density at radius 3 is 2.60 bits per heavy atom. The Morgan fingerprint density at radius 2 is 2.00 bits per heavy atom. The van der Waals surface area contributed by atoms with Crippen molar-refractivity contribution < 1.29 is 9.90 Å². The lowest BCUT2D eigenvalue weighted by Gasteiger charge is -2.03. The maximum atomic E-state index is 10.4. The molecule has 0 amide bonds. The van der Waals surface area contributed by atoms with E-state index in [1.165, 1.54) is 25.7 Å². The van der Waals surface area contributed by atoms with Crippen LogP contribution in [0.15, 0.2) is 12.2 Å². The SMILES string of the molecule is CCCCCC/C=C\C[C@@H](C)CC(=O)O. The maximum Gasteiger partial charge on any atom is 0.303 e. The van der Waals surface area contributed by atoms with E-state index in [4.69, 9.17) is 5.11 Å². The molecule has 88 valence electrons. The summed E-state index contributed by atoms with van der Waals surface area (Å²) in [6.45, 7) is 4.19. The smallest absolute Gasteiger partial charge is 0.303 e. The summed E-state index contributed by atoms with van der Waals surface area (Å²) in [7, 11) is 0. The molecule has 0 aromatic carbocycles. The summed E-state index contributed by atoms with van der Waals surface area (Å²) in [6, 6.07) is 0. The van der Waals surface area contributed by atoms with Gasteiger partial charge < -0.3 is 5.11 Å². The van der Waals surface area contributed by atoms with Crippen LogP contribution in [0.25, 0.3) is 0 Å². The van der Waals surface area contributed by atoms with Crippen LogP contribution in [0.2, 0.25) is 0 Å². The predicted molar refractivity (Wildman–Crippen MR) is 63.9 cm³/mol. The molecule has 0 bridgehead atoms. The summed E-state index contributed by atoms with van der Waals surface area (Å²) in [5.74, 6) is -0.437. The second-order valence-corrected chi connectivity index (χ2v) is 4.26. The normalized spacial score (nSPS) is 13.2. The number of allylic oxidation sites excluding steroid dienone is 2. The lowest BCUT2D eigenvalue weighted by Crippen LogP contribution is -2.02. The summed E-state index contributed by atoms with van der Waals surface area (Å²) in [5.41, 5.74) is 0. The van der Waals surface area contributed by atoms with Gasteiger partial charge in [0.1, 0.15) is 0 Å². The number of unbranched alkanes of at least 4 members (excludes halogenated alkanes) is 4. The van der Waals surface area contributed by atoms with Gasteiger partial charge in [0.25, 0.3) is 0 Å². The molecule has 0 aromatic heterocycles. The van der Waals surface area contributed by atoms with Crippen LogP contribution in [0, 0.1) is 5.92 Å². The van der Waals surface area contributed by atoms with Crippen LogP contribution in [0.4, 0.5) is 0 Å². The fourth-order valence-corrected chi connectivity index (χ4v) is 1.52. The molecule has 0 aliphatic carbocycles. The Bertz CT molecular complexity index is 185. The standard InChI is InChI=1S/C13H24O2/c1-3-4-5-6-7-8-9-10-12(2)11-13(14)15/h8-9,12H,3-7,10-11H2,1-2H3,(H,14,15)/b9-8-/t12-/m1/s1. The van der Waals surface area contributed by atoms with Gasteiger partial charge in [-0.1, -0.05) is 45.3 Å². The van der Waals surface area contributed by atoms with E-state index < -0.39 is 5.97 Å². The summed E-state index contributed by atoms with van der Waals surface area (Å²) in [4.78, 5) is 10.4. The maximum absolute atomic E-state index is 10.4. The molecular weight excluding hydrogens is 188 g/mol. The van der Waals surface area contributed by atoms with Crippen molar-refractivity contribution >= 4 is 5.97 Å². The molecule has 0 aliphatic heterocycles. The lowest BCUT2D eigenvalue weighted by atomic mass is 10.0. The average Bonchev–Trinajstić information content (AvgIpc) is 2.15. The Hall–Kier alpha value is -0.790. The lowest BCUT2D eigenvalue weighted by molar-refractivity contribution is -0.137. The number of carbonyl (C=O) groups is 1. The average molecular weight is 212 g/mol. The molecule has 1 atom stereocenters. The van der Waals surface area contributed by atoms with E-state index in [9.17, 15) is 4.79 Å². The first kappa shape index (κ1) is 14.2. The van der Waals surface area contributed by atoms with Gasteiger partial charge in [0, 0.05) is 6.42 Å². The van der Waals surface area contributed by atoms with Crippen LogP contribution in [0.1, 0.15) is 58.8 Å². The van der Waals surface area contributed by atoms with Gasteiger partial charge >= 0.3 is 5.97 Å². The summed E-state index contributed by atoms with van der Waals surface area (Å²) in [5, 5.41) is 8.56. The number of hydrogen-bond donors (Lipinski definition) is 1. The van der Waals surface area contributed by atoms with Gasteiger partial charge in [-0.2, -0.15) is 0 Å². The van der Waals surface area contributed by atoms with Crippen LogP contribution in [-0.2, 0) is 4.79 Å². The highest BCUT2D eigenvalue weighted by atomic mass is 16.4. The van der Waals surface area contributed by atoms with Crippen molar-refractivity contribution in [3.63, 3.8) is 0 Å². The molecule has 0 fully saturated rings. The fraction of sp³-hybridized carbons (Fsp3) is 0.769. The largest absolute Gasteiger partial charge is 0.481 e. The van der Waals surface area contributed by atoms with Gasteiger partial charge in [0.05, 0.1) is 0 Å². The molecule has 15 heavy (non-hydrogen) atoms. The highest BCUT2D eigenvalue weighted by molar-refractivity contribution is 5.66. The van der Waals surface area contributed by atoms with E-state index in [1.54, 1.807) is 0 Å². The molecule has 0 unspecified atom stereocenters. The van der Waals surface area contributed by atoms with Crippen LogP contribution in [0.5, 0.6) is 0 Å². The Kier molecular flexibility index (Phi) is 9.24. The van der Waals surface area contributed by atoms with Crippen LogP contribution < -0.4 is 0 Å². The molecule has 0 rings (SSSR count). The van der Waals surface area contributed by atoms with E-state index in [1.807, 2.05) is 6.92 Å². The highest BCUT2D eigenvalue weighted by Gasteiger charge is 2.04. The second-order valence-electron chi connectivity index (χ2n) is 4.26. The third kappa shape index (κ3) is 11.1. The van der Waals surface area contributed by atoms with Gasteiger partial charge in [-0.05, 0) is 25.2 Å². The summed E-state index contributed by atoms with van der Waals surface area (Å²) in [6.07, 6.45) is 11.8. The fourth-order valence-electron chi connectivity index (χ4n) is 1.52. The van der Waals surface area contributed by atoms with Crippen molar-refractivity contribution in [2.75, 3.05) is 0 Å². The second kappa shape index (κ2) is 9.75. The molecule has 0 radical (unpaired) electrons. The predicted octanol–water partition coefficient (Wildman–Crippen LogP) is 4.01. The zero-order valence-corrected chi connectivity index (χ0v) is 10.0. The monoisotopic (exact) mass is 212 g/mol. The zero-order chi connectivity index (χ0) is 11.5. The number of aliphatic carboxylic acids is 1. The molecule has 1 N–H and O–H groups in total. The van der Waals surface area contributed by atoms with Crippen LogP contribution >= 0.6 is 0 Å². The third-order valence-corrected chi connectivity index (χ3v) is 2.45. The van der Waals surface area contributed by atoms with Crippen LogP contribution in [-0.4, -0.2) is 11.1 Å². The first-order valence-electron chi connectivity index (χ1n) is 6.03. The first-order chi connectivity index (χ1) is 7.16. The third-order valence-electron chi connectivity index (χ3n) is 2.45. The van der Waals surface area contributed by atoms with Crippen molar-refractivity contribution in [2.24, 2.45) is 5.92 Å². The van der Waals surface area contributed by atoms with Crippen molar-refractivity contribution in [3.8, 4) is 0 Å². The summed E-state index contributed by atoms with van der Waals surface area (Å²) >= 11 is 0. The summed E-state index contributed by atoms with van der Waals surface area (Å²) < 4.78 is 0. The molecular formula is C13H24O2. The Balaban J connectivity index is 3.33. The quantitative estimate of drug-likeness (QED) is 0.463. The van der Waals surface area contributed by atoms with Crippen molar-refractivity contribution in [3.05, 3.63) is 12.2 Å². The Labute approximate surface area is 93.4 Å².